The molecule has 0 saturated carbocycles. The first-order valence-electron chi connectivity index (χ1n) is 9.97. The number of carbonyl (C=O) groups is 1. The fourth-order valence-electron chi connectivity index (χ4n) is 3.51. The van der Waals surface area contributed by atoms with Crippen LogP contribution in [0.5, 0.6) is 5.75 Å². The minimum absolute atomic E-state index is 0.131. The fourth-order valence-corrected chi connectivity index (χ4v) is 3.71. The topological polar surface area (TPSA) is 86.3 Å². The Kier molecular flexibility index (Phi) is 7.41. The van der Waals surface area contributed by atoms with Gasteiger partial charge in [-0.25, -0.2) is 4.39 Å². The maximum Gasteiger partial charge on any atom is 0.275 e. The number of benzene rings is 2. The molecule has 0 fully saturated rings. The minimum Gasteiger partial charge on any atom is -0.502 e. The van der Waals surface area contributed by atoms with E-state index in [9.17, 15) is 19.1 Å². The van der Waals surface area contributed by atoms with Crippen LogP contribution in [0.3, 0.4) is 0 Å². The Morgan fingerprint density at radius 3 is 2.61 bits per heavy atom. The summed E-state index contributed by atoms with van der Waals surface area (Å²) in [6.45, 7) is 2.71. The lowest BCUT2D eigenvalue weighted by molar-refractivity contribution is 0.0741. The van der Waals surface area contributed by atoms with Crippen molar-refractivity contribution in [2.75, 3.05) is 13.1 Å². The number of carbonyl (C=O) groups excluding carboxylic acids is 1. The molecule has 31 heavy (non-hydrogen) atoms. The smallest absolute Gasteiger partial charge is 0.275 e. The van der Waals surface area contributed by atoms with Crippen LogP contribution in [0.25, 0.3) is 0 Å². The first kappa shape index (κ1) is 22.5. The summed E-state index contributed by atoms with van der Waals surface area (Å²) in [4.78, 5) is 26.2. The number of H-pyrrole nitrogens is 1. The van der Waals surface area contributed by atoms with Crippen molar-refractivity contribution < 1.29 is 14.3 Å². The van der Waals surface area contributed by atoms with E-state index in [1.807, 2.05) is 25.1 Å². The number of rotatable bonds is 8. The van der Waals surface area contributed by atoms with Gasteiger partial charge in [0.2, 0.25) is 5.43 Å². The van der Waals surface area contributed by atoms with Gasteiger partial charge in [0.05, 0.1) is 6.20 Å². The standard InChI is InChI=1S/C23H23ClFN3O3/c1-2-11-28(23(31)21-22(30)20(29)14-26-27-21)12-10-19(15-6-8-18(25)9-7-15)16-4-3-5-17(24)13-16/h3-9,13-14,19H,2,10-12H2,1H3,(H,26,30)(H,27,29). The second-order valence-electron chi connectivity index (χ2n) is 7.20. The predicted molar refractivity (Wildman–Crippen MR) is 117 cm³/mol. The molecule has 8 heteroatoms. The number of hydrogen-bond acceptors (Lipinski definition) is 4. The quantitative estimate of drug-likeness (QED) is 0.542. The highest BCUT2D eigenvalue weighted by Gasteiger charge is 2.23. The second-order valence-corrected chi connectivity index (χ2v) is 7.63. The van der Waals surface area contributed by atoms with E-state index in [2.05, 4.69) is 10.2 Å². The van der Waals surface area contributed by atoms with E-state index in [4.69, 9.17) is 11.6 Å². The lowest BCUT2D eigenvalue weighted by Crippen LogP contribution is -2.35. The Labute approximate surface area is 184 Å². The van der Waals surface area contributed by atoms with Crippen molar-refractivity contribution in [1.29, 1.82) is 0 Å². The summed E-state index contributed by atoms with van der Waals surface area (Å²) >= 11 is 6.18. The average molecular weight is 444 g/mol. The second kappa shape index (κ2) is 10.2. The Morgan fingerprint density at radius 2 is 1.94 bits per heavy atom. The van der Waals surface area contributed by atoms with Crippen molar-refractivity contribution >= 4 is 17.5 Å². The first-order chi connectivity index (χ1) is 14.9. The largest absolute Gasteiger partial charge is 0.502 e. The third kappa shape index (κ3) is 5.49. The van der Waals surface area contributed by atoms with Crippen LogP contribution in [0, 0.1) is 5.82 Å². The molecule has 0 bridgehead atoms. The number of aromatic nitrogens is 2. The van der Waals surface area contributed by atoms with E-state index < -0.39 is 17.1 Å². The maximum atomic E-state index is 13.5. The highest BCUT2D eigenvalue weighted by molar-refractivity contribution is 6.30. The predicted octanol–water partition coefficient (Wildman–Crippen LogP) is 4.34. The van der Waals surface area contributed by atoms with Crippen molar-refractivity contribution in [3.8, 4) is 5.75 Å². The summed E-state index contributed by atoms with van der Waals surface area (Å²) in [6, 6.07) is 13.7. The van der Waals surface area contributed by atoms with E-state index in [1.165, 1.54) is 12.1 Å². The maximum absolute atomic E-state index is 13.5. The zero-order valence-corrected chi connectivity index (χ0v) is 17.8. The van der Waals surface area contributed by atoms with Gasteiger partial charge in [-0.05, 0) is 48.2 Å². The van der Waals surface area contributed by atoms with E-state index in [1.54, 1.807) is 23.1 Å². The van der Waals surface area contributed by atoms with Gasteiger partial charge < -0.3 is 10.0 Å². The van der Waals surface area contributed by atoms with Crippen molar-refractivity contribution in [3.63, 3.8) is 0 Å². The van der Waals surface area contributed by atoms with Crippen molar-refractivity contribution in [2.45, 2.75) is 25.7 Å². The van der Waals surface area contributed by atoms with Gasteiger partial charge >= 0.3 is 0 Å². The number of amides is 1. The van der Waals surface area contributed by atoms with Gasteiger partial charge in [0.25, 0.3) is 5.91 Å². The molecule has 2 aromatic carbocycles. The summed E-state index contributed by atoms with van der Waals surface area (Å²) in [5.41, 5.74) is 0.884. The molecule has 0 spiro atoms. The molecule has 3 rings (SSSR count). The van der Waals surface area contributed by atoms with Gasteiger partial charge in [0, 0.05) is 24.0 Å². The molecule has 162 valence electrons. The van der Waals surface area contributed by atoms with E-state index in [-0.39, 0.29) is 17.4 Å². The molecule has 6 nitrogen and oxygen atoms in total. The van der Waals surface area contributed by atoms with E-state index in [0.717, 1.165) is 17.3 Å². The molecule has 3 aromatic rings. The summed E-state index contributed by atoms with van der Waals surface area (Å²) in [5.74, 6) is -1.61. The third-order valence-corrected chi connectivity index (χ3v) is 5.27. The third-order valence-electron chi connectivity index (χ3n) is 5.03. The molecule has 0 aliphatic heterocycles. The summed E-state index contributed by atoms with van der Waals surface area (Å²) < 4.78 is 13.5. The fraction of sp³-hybridized carbons (Fsp3) is 0.261. The van der Waals surface area contributed by atoms with Crippen molar-refractivity contribution in [3.05, 3.63) is 92.6 Å². The molecule has 1 atom stereocenters. The summed E-state index contributed by atoms with van der Waals surface area (Å²) in [5, 5.41) is 16.6. The molecule has 0 aliphatic carbocycles. The molecule has 2 N–H and O–H groups in total. The Balaban J connectivity index is 1.88. The normalized spacial score (nSPS) is 11.8. The van der Waals surface area contributed by atoms with Crippen LogP contribution < -0.4 is 5.43 Å². The molecular formula is C23H23ClFN3O3. The van der Waals surface area contributed by atoms with Gasteiger partial charge in [-0.2, -0.15) is 5.10 Å². The van der Waals surface area contributed by atoms with Crippen LogP contribution in [-0.2, 0) is 0 Å². The lowest BCUT2D eigenvalue weighted by atomic mass is 9.88. The highest BCUT2D eigenvalue weighted by atomic mass is 35.5. The first-order valence-corrected chi connectivity index (χ1v) is 10.3. The van der Waals surface area contributed by atoms with Crippen molar-refractivity contribution in [2.24, 2.45) is 0 Å². The number of halogens is 2. The molecule has 1 unspecified atom stereocenters. The molecule has 0 radical (unpaired) electrons. The number of nitrogens with zero attached hydrogens (tertiary/aromatic N) is 2. The van der Waals surface area contributed by atoms with Crippen LogP contribution in [0.15, 0.2) is 59.5 Å². The SMILES string of the molecule is CCCN(CCC(c1ccc(F)cc1)c1cccc(Cl)c1)C(=O)c1[nH]ncc(=O)c1O. The van der Waals surface area contributed by atoms with E-state index >= 15 is 0 Å². The van der Waals surface area contributed by atoms with Gasteiger partial charge in [0.15, 0.2) is 11.4 Å². The number of hydrogen-bond donors (Lipinski definition) is 2. The molecule has 1 heterocycles. The molecule has 1 aromatic heterocycles. The summed E-state index contributed by atoms with van der Waals surface area (Å²) in [7, 11) is 0. The van der Waals surface area contributed by atoms with Crippen LogP contribution in [-0.4, -0.2) is 39.2 Å². The summed E-state index contributed by atoms with van der Waals surface area (Å²) in [6.07, 6.45) is 2.14. The zero-order chi connectivity index (χ0) is 22.4. The number of nitrogens with one attached hydrogen (secondary N) is 1. The van der Waals surface area contributed by atoms with Crippen molar-refractivity contribution in [1.82, 2.24) is 15.1 Å². The highest BCUT2D eigenvalue weighted by Crippen LogP contribution is 2.30. The molecule has 1 amide bonds. The van der Waals surface area contributed by atoms with Crippen LogP contribution >= 0.6 is 11.6 Å². The van der Waals surface area contributed by atoms with Gasteiger partial charge in [-0.1, -0.05) is 42.8 Å². The molecule has 0 saturated heterocycles. The monoisotopic (exact) mass is 443 g/mol. The van der Waals surface area contributed by atoms with Gasteiger partial charge in [0.1, 0.15) is 5.82 Å². The Hall–Kier alpha value is -3.19. The van der Waals surface area contributed by atoms with Crippen LogP contribution in [0.2, 0.25) is 5.02 Å². The van der Waals surface area contributed by atoms with Crippen LogP contribution in [0.4, 0.5) is 4.39 Å². The lowest BCUT2D eigenvalue weighted by Gasteiger charge is -2.26. The van der Waals surface area contributed by atoms with Gasteiger partial charge in [-0.15, -0.1) is 0 Å². The number of aromatic amines is 1. The zero-order valence-electron chi connectivity index (χ0n) is 17.0. The molecule has 0 aliphatic rings. The molecular weight excluding hydrogens is 421 g/mol. The van der Waals surface area contributed by atoms with Crippen LogP contribution in [0.1, 0.15) is 47.3 Å². The van der Waals surface area contributed by atoms with Gasteiger partial charge in [-0.3, -0.25) is 14.7 Å². The van der Waals surface area contributed by atoms with E-state index in [0.29, 0.717) is 31.0 Å². The number of aromatic hydroxyl groups is 1. The Morgan fingerprint density at radius 1 is 1.19 bits per heavy atom. The Bertz CT molecular complexity index is 1100. The minimum atomic E-state index is -0.721. The average Bonchev–Trinajstić information content (AvgIpc) is 2.76.